The van der Waals surface area contributed by atoms with Crippen molar-refractivity contribution < 1.29 is 4.79 Å². The molecular formula is C26H24N4O2. The Morgan fingerprint density at radius 3 is 2.41 bits per heavy atom. The molecule has 1 aliphatic heterocycles. The smallest absolute Gasteiger partial charge is 0.275 e. The van der Waals surface area contributed by atoms with Gasteiger partial charge in [0.25, 0.3) is 11.5 Å². The van der Waals surface area contributed by atoms with Crippen LogP contribution in [-0.4, -0.2) is 31.5 Å². The second kappa shape index (κ2) is 7.96. The van der Waals surface area contributed by atoms with E-state index in [-0.39, 0.29) is 11.5 Å². The maximum absolute atomic E-state index is 13.2. The van der Waals surface area contributed by atoms with Gasteiger partial charge in [-0.1, -0.05) is 48.5 Å². The second-order valence-corrected chi connectivity index (χ2v) is 8.15. The van der Waals surface area contributed by atoms with Crippen molar-refractivity contribution >= 4 is 5.91 Å². The number of fused-ring (bicyclic) bond motifs is 1. The molecule has 0 unspecified atom stereocenters. The van der Waals surface area contributed by atoms with Crippen molar-refractivity contribution in [1.29, 1.82) is 0 Å². The van der Waals surface area contributed by atoms with Crippen LogP contribution in [0.1, 0.15) is 27.6 Å². The Kier molecular flexibility index (Phi) is 4.98. The summed E-state index contributed by atoms with van der Waals surface area (Å²) in [5.41, 5.74) is 4.97. The number of carbonyl (C=O) groups excluding carboxylic acids is 1. The predicted molar refractivity (Wildman–Crippen MR) is 124 cm³/mol. The monoisotopic (exact) mass is 424 g/mol. The zero-order chi connectivity index (χ0) is 22.2. The SMILES string of the molecule is Cc1cn(-c2ccc3n(c2=O)CCN(Cc2cccc(-c4ccccc4)c2)C3=O)c(C)n1. The largest absolute Gasteiger partial charge is 0.331 e. The van der Waals surface area contributed by atoms with Crippen LogP contribution in [0.3, 0.4) is 0 Å². The second-order valence-electron chi connectivity index (χ2n) is 8.15. The molecule has 6 heteroatoms. The molecule has 5 rings (SSSR count). The van der Waals surface area contributed by atoms with E-state index in [1.165, 1.54) is 0 Å². The van der Waals surface area contributed by atoms with Gasteiger partial charge in [-0.25, -0.2) is 4.98 Å². The molecule has 0 fully saturated rings. The Hall–Kier alpha value is -3.93. The lowest BCUT2D eigenvalue weighted by Gasteiger charge is -2.30. The van der Waals surface area contributed by atoms with Gasteiger partial charge in [0.05, 0.1) is 5.69 Å². The van der Waals surface area contributed by atoms with Crippen molar-refractivity contribution in [2.45, 2.75) is 26.9 Å². The van der Waals surface area contributed by atoms with E-state index in [0.717, 1.165) is 28.2 Å². The molecule has 3 heterocycles. The molecule has 2 aromatic heterocycles. The molecule has 4 aromatic rings. The third-order valence-electron chi connectivity index (χ3n) is 5.92. The van der Waals surface area contributed by atoms with Crippen LogP contribution in [0.4, 0.5) is 0 Å². The molecule has 1 aliphatic rings. The fourth-order valence-corrected chi connectivity index (χ4v) is 4.36. The highest BCUT2D eigenvalue weighted by Crippen LogP contribution is 2.22. The van der Waals surface area contributed by atoms with Gasteiger partial charge in [-0.3, -0.25) is 14.2 Å². The quantitative estimate of drug-likeness (QED) is 0.498. The summed E-state index contributed by atoms with van der Waals surface area (Å²) in [6.45, 7) is 5.24. The lowest BCUT2D eigenvalue weighted by atomic mass is 10.0. The van der Waals surface area contributed by atoms with Gasteiger partial charge < -0.3 is 9.47 Å². The number of benzene rings is 2. The van der Waals surface area contributed by atoms with E-state index in [0.29, 0.717) is 31.0 Å². The number of imidazole rings is 1. The van der Waals surface area contributed by atoms with E-state index in [9.17, 15) is 9.59 Å². The third-order valence-corrected chi connectivity index (χ3v) is 5.92. The molecule has 0 aliphatic carbocycles. The number of hydrogen-bond donors (Lipinski definition) is 0. The van der Waals surface area contributed by atoms with Gasteiger partial charge in [0.15, 0.2) is 0 Å². The fraction of sp³-hybridized carbons (Fsp3) is 0.192. The maximum atomic E-state index is 13.2. The number of pyridine rings is 1. The Morgan fingerprint density at radius 1 is 0.875 bits per heavy atom. The third kappa shape index (κ3) is 3.54. The summed E-state index contributed by atoms with van der Waals surface area (Å²) < 4.78 is 3.38. The molecule has 2 aromatic carbocycles. The number of aryl methyl sites for hydroxylation is 2. The standard InChI is InChI=1S/C26H24N4O2/c1-18-16-30(19(2)27-18)24-12-11-23-25(31)28(13-14-29(23)26(24)32)17-20-7-6-10-22(15-20)21-8-4-3-5-9-21/h3-12,15-16H,13-14,17H2,1-2H3. The van der Waals surface area contributed by atoms with Gasteiger partial charge in [0.2, 0.25) is 0 Å². The van der Waals surface area contributed by atoms with Crippen LogP contribution in [0.25, 0.3) is 16.8 Å². The lowest BCUT2D eigenvalue weighted by Crippen LogP contribution is -2.44. The number of nitrogens with zero attached hydrogens (tertiary/aromatic N) is 4. The van der Waals surface area contributed by atoms with Gasteiger partial charge >= 0.3 is 0 Å². The van der Waals surface area contributed by atoms with Crippen molar-refractivity contribution in [3.8, 4) is 16.8 Å². The molecule has 0 saturated carbocycles. The Labute approximate surface area is 186 Å². The maximum Gasteiger partial charge on any atom is 0.275 e. The van der Waals surface area contributed by atoms with E-state index in [2.05, 4.69) is 29.2 Å². The van der Waals surface area contributed by atoms with Crippen LogP contribution in [0.15, 0.2) is 77.7 Å². The van der Waals surface area contributed by atoms with E-state index in [1.807, 2.05) is 55.3 Å². The van der Waals surface area contributed by atoms with Crippen molar-refractivity contribution in [3.05, 3.63) is 106 Å². The van der Waals surface area contributed by atoms with Crippen LogP contribution >= 0.6 is 0 Å². The number of amides is 1. The highest BCUT2D eigenvalue weighted by atomic mass is 16.2. The summed E-state index contributed by atoms with van der Waals surface area (Å²) in [6.07, 6.45) is 1.84. The normalized spacial score (nSPS) is 13.3. The number of hydrogen-bond acceptors (Lipinski definition) is 3. The Morgan fingerprint density at radius 2 is 1.66 bits per heavy atom. The zero-order valence-electron chi connectivity index (χ0n) is 18.2. The highest BCUT2D eigenvalue weighted by Gasteiger charge is 2.26. The minimum absolute atomic E-state index is 0.122. The molecule has 1 amide bonds. The Balaban J connectivity index is 1.42. The molecule has 0 radical (unpaired) electrons. The summed E-state index contributed by atoms with van der Waals surface area (Å²) in [6, 6.07) is 21.9. The van der Waals surface area contributed by atoms with Crippen LogP contribution < -0.4 is 5.56 Å². The first-order valence-electron chi connectivity index (χ1n) is 10.7. The number of rotatable bonds is 4. The van der Waals surface area contributed by atoms with Crippen molar-refractivity contribution in [1.82, 2.24) is 19.0 Å². The molecule has 0 atom stereocenters. The van der Waals surface area contributed by atoms with Gasteiger partial charge in [-0.2, -0.15) is 0 Å². The first-order chi connectivity index (χ1) is 15.5. The highest BCUT2D eigenvalue weighted by molar-refractivity contribution is 5.93. The summed E-state index contributed by atoms with van der Waals surface area (Å²) in [4.78, 5) is 32.5. The first-order valence-corrected chi connectivity index (χ1v) is 10.7. The van der Waals surface area contributed by atoms with E-state index in [4.69, 9.17) is 0 Å². The van der Waals surface area contributed by atoms with E-state index >= 15 is 0 Å². The van der Waals surface area contributed by atoms with Crippen LogP contribution in [0, 0.1) is 13.8 Å². The average molecular weight is 425 g/mol. The molecule has 6 nitrogen and oxygen atoms in total. The first kappa shape index (κ1) is 20.0. The van der Waals surface area contributed by atoms with E-state index in [1.54, 1.807) is 21.3 Å². The molecule has 0 N–H and O–H groups in total. The summed E-state index contributed by atoms with van der Waals surface area (Å²) >= 11 is 0. The predicted octanol–water partition coefficient (Wildman–Crippen LogP) is 3.97. The topological polar surface area (TPSA) is 60.1 Å². The summed E-state index contributed by atoms with van der Waals surface area (Å²) in [7, 11) is 0. The summed E-state index contributed by atoms with van der Waals surface area (Å²) in [5.74, 6) is 0.630. The van der Waals surface area contributed by atoms with Gasteiger partial charge in [0, 0.05) is 25.8 Å². The average Bonchev–Trinajstić information content (AvgIpc) is 3.14. The van der Waals surface area contributed by atoms with Crippen molar-refractivity contribution in [2.75, 3.05) is 6.54 Å². The van der Waals surface area contributed by atoms with Crippen molar-refractivity contribution in [3.63, 3.8) is 0 Å². The number of aromatic nitrogens is 3. The molecule has 0 spiro atoms. The minimum atomic E-state index is -0.165. The fourth-order valence-electron chi connectivity index (χ4n) is 4.36. The molecule has 0 saturated heterocycles. The van der Waals surface area contributed by atoms with Crippen LogP contribution in [0.5, 0.6) is 0 Å². The lowest BCUT2D eigenvalue weighted by molar-refractivity contribution is 0.0686. The number of carbonyl (C=O) groups is 1. The Bertz CT molecular complexity index is 1370. The molecule has 160 valence electrons. The van der Waals surface area contributed by atoms with Crippen molar-refractivity contribution in [2.24, 2.45) is 0 Å². The van der Waals surface area contributed by atoms with E-state index < -0.39 is 0 Å². The van der Waals surface area contributed by atoms with Gasteiger partial charge in [-0.05, 0) is 48.7 Å². The minimum Gasteiger partial charge on any atom is -0.331 e. The van der Waals surface area contributed by atoms with Crippen LogP contribution in [0.2, 0.25) is 0 Å². The molecular weight excluding hydrogens is 400 g/mol. The van der Waals surface area contributed by atoms with Gasteiger partial charge in [-0.15, -0.1) is 0 Å². The molecule has 32 heavy (non-hydrogen) atoms. The summed E-state index contributed by atoms with van der Waals surface area (Å²) in [5, 5.41) is 0. The van der Waals surface area contributed by atoms with Crippen LogP contribution in [-0.2, 0) is 13.1 Å². The molecule has 0 bridgehead atoms. The zero-order valence-corrected chi connectivity index (χ0v) is 18.2. The van der Waals surface area contributed by atoms with Gasteiger partial charge in [0.1, 0.15) is 17.2 Å².